The molecule has 0 spiro atoms. The van der Waals surface area contributed by atoms with Crippen molar-refractivity contribution in [3.63, 3.8) is 0 Å². The summed E-state index contributed by atoms with van der Waals surface area (Å²) in [6, 6.07) is 7.47. The minimum absolute atomic E-state index is 0.0481. The first-order valence-corrected chi connectivity index (χ1v) is 6.67. The van der Waals surface area contributed by atoms with E-state index < -0.39 is 5.41 Å². The van der Waals surface area contributed by atoms with Crippen molar-refractivity contribution in [2.24, 2.45) is 11.1 Å². The zero-order valence-corrected chi connectivity index (χ0v) is 11.8. The Hall–Kier alpha value is -1.55. The van der Waals surface area contributed by atoms with Crippen LogP contribution in [0.5, 0.6) is 5.75 Å². The summed E-state index contributed by atoms with van der Waals surface area (Å²) < 4.78 is 5.19. The third kappa shape index (κ3) is 2.45. The average molecular weight is 262 g/mol. The van der Waals surface area contributed by atoms with Crippen LogP contribution >= 0.6 is 0 Å². The number of amides is 1. The maximum atomic E-state index is 12.7. The molecule has 4 heteroatoms. The molecule has 1 fully saturated rings. The lowest BCUT2D eigenvalue weighted by Crippen LogP contribution is -2.48. The molecular weight excluding hydrogens is 240 g/mol. The normalized spacial score (nSPS) is 26.2. The van der Waals surface area contributed by atoms with Crippen LogP contribution in [0.4, 0.5) is 5.69 Å². The summed E-state index contributed by atoms with van der Waals surface area (Å²) in [6.07, 6.45) is 2.81. The molecule has 2 N–H and O–H groups in total. The summed E-state index contributed by atoms with van der Waals surface area (Å²) in [4.78, 5) is 14.4. The van der Waals surface area contributed by atoms with E-state index in [1.165, 1.54) is 0 Å². The van der Waals surface area contributed by atoms with Gasteiger partial charge in [-0.3, -0.25) is 4.79 Å². The van der Waals surface area contributed by atoms with E-state index in [2.05, 4.69) is 0 Å². The fraction of sp³-hybridized carbons (Fsp3) is 0.533. The largest absolute Gasteiger partial charge is 0.497 e. The summed E-state index contributed by atoms with van der Waals surface area (Å²) in [5.74, 6) is 0.837. The van der Waals surface area contributed by atoms with Crippen molar-refractivity contribution in [3.8, 4) is 5.75 Å². The molecule has 19 heavy (non-hydrogen) atoms. The Kier molecular flexibility index (Phi) is 3.80. The standard InChI is InChI=1S/C15H22N2O2/c1-15(9-5-8-13(15)16)14(18)17(2)11-6-4-7-12(10-11)19-3/h4,6-7,10,13H,5,8-9,16H2,1-3H3. The van der Waals surface area contributed by atoms with E-state index in [0.717, 1.165) is 30.7 Å². The molecule has 1 aliphatic carbocycles. The van der Waals surface area contributed by atoms with Crippen LogP contribution in [0.25, 0.3) is 0 Å². The maximum absolute atomic E-state index is 12.7. The number of ether oxygens (including phenoxy) is 1. The van der Waals surface area contributed by atoms with E-state index in [-0.39, 0.29) is 11.9 Å². The van der Waals surface area contributed by atoms with Gasteiger partial charge in [-0.1, -0.05) is 12.5 Å². The quantitative estimate of drug-likeness (QED) is 0.908. The van der Waals surface area contributed by atoms with E-state index in [1.54, 1.807) is 19.1 Å². The second kappa shape index (κ2) is 5.21. The molecule has 2 atom stereocenters. The van der Waals surface area contributed by atoms with Crippen LogP contribution in [0.3, 0.4) is 0 Å². The number of hydrogen-bond acceptors (Lipinski definition) is 3. The summed E-state index contributed by atoms with van der Waals surface area (Å²) in [7, 11) is 3.42. The van der Waals surface area contributed by atoms with E-state index in [4.69, 9.17) is 10.5 Å². The van der Waals surface area contributed by atoms with Gasteiger partial charge in [0.1, 0.15) is 5.75 Å². The number of methoxy groups -OCH3 is 1. The monoisotopic (exact) mass is 262 g/mol. The van der Waals surface area contributed by atoms with E-state index in [0.29, 0.717) is 0 Å². The number of nitrogens with zero attached hydrogens (tertiary/aromatic N) is 1. The minimum Gasteiger partial charge on any atom is -0.497 e. The fourth-order valence-corrected chi connectivity index (χ4v) is 2.78. The molecule has 2 unspecified atom stereocenters. The average Bonchev–Trinajstić information content (AvgIpc) is 2.78. The van der Waals surface area contributed by atoms with Crippen LogP contribution in [0, 0.1) is 5.41 Å². The third-order valence-electron chi connectivity index (χ3n) is 4.26. The zero-order chi connectivity index (χ0) is 14.0. The Bertz CT molecular complexity index is 475. The number of benzene rings is 1. The molecule has 1 aromatic carbocycles. The van der Waals surface area contributed by atoms with Crippen molar-refractivity contribution in [1.82, 2.24) is 0 Å². The summed E-state index contributed by atoms with van der Waals surface area (Å²) in [5, 5.41) is 0. The first kappa shape index (κ1) is 13.9. The zero-order valence-electron chi connectivity index (χ0n) is 11.8. The van der Waals surface area contributed by atoms with Crippen molar-refractivity contribution in [2.75, 3.05) is 19.1 Å². The van der Waals surface area contributed by atoms with Gasteiger partial charge in [-0.25, -0.2) is 0 Å². The fourth-order valence-electron chi connectivity index (χ4n) is 2.78. The van der Waals surface area contributed by atoms with Gasteiger partial charge in [0, 0.05) is 24.8 Å². The van der Waals surface area contributed by atoms with Crippen LogP contribution < -0.4 is 15.4 Å². The topological polar surface area (TPSA) is 55.6 Å². The highest BCUT2D eigenvalue weighted by atomic mass is 16.5. The molecule has 0 radical (unpaired) electrons. The molecular formula is C15H22N2O2. The number of carbonyl (C=O) groups is 1. The molecule has 0 bridgehead atoms. The number of anilines is 1. The van der Waals surface area contributed by atoms with Gasteiger partial charge in [0.15, 0.2) is 0 Å². The van der Waals surface area contributed by atoms with Crippen molar-refractivity contribution in [1.29, 1.82) is 0 Å². The summed E-state index contributed by atoms with van der Waals surface area (Å²) >= 11 is 0. The Balaban J connectivity index is 2.23. The predicted molar refractivity (Wildman–Crippen MR) is 76.3 cm³/mol. The smallest absolute Gasteiger partial charge is 0.234 e. The van der Waals surface area contributed by atoms with Gasteiger partial charge in [-0.05, 0) is 31.9 Å². The van der Waals surface area contributed by atoms with Crippen molar-refractivity contribution in [2.45, 2.75) is 32.2 Å². The van der Waals surface area contributed by atoms with Gasteiger partial charge in [0.2, 0.25) is 5.91 Å². The first-order valence-electron chi connectivity index (χ1n) is 6.67. The minimum atomic E-state index is -0.447. The van der Waals surface area contributed by atoms with Crippen molar-refractivity contribution >= 4 is 11.6 Å². The molecule has 0 heterocycles. The van der Waals surface area contributed by atoms with E-state index in [1.807, 2.05) is 31.2 Å². The summed E-state index contributed by atoms with van der Waals surface area (Å²) in [5.41, 5.74) is 6.50. The molecule has 0 aliphatic heterocycles. The van der Waals surface area contributed by atoms with Crippen LogP contribution in [0.2, 0.25) is 0 Å². The molecule has 1 aromatic rings. The van der Waals surface area contributed by atoms with E-state index >= 15 is 0 Å². The van der Waals surface area contributed by atoms with Gasteiger partial charge in [-0.2, -0.15) is 0 Å². The van der Waals surface area contributed by atoms with Crippen molar-refractivity contribution < 1.29 is 9.53 Å². The van der Waals surface area contributed by atoms with Crippen LogP contribution in [0.1, 0.15) is 26.2 Å². The van der Waals surface area contributed by atoms with Crippen LogP contribution in [-0.2, 0) is 4.79 Å². The first-order chi connectivity index (χ1) is 8.99. The predicted octanol–water partition coefficient (Wildman–Crippen LogP) is 2.18. The van der Waals surface area contributed by atoms with Crippen LogP contribution in [0.15, 0.2) is 24.3 Å². The third-order valence-corrected chi connectivity index (χ3v) is 4.26. The Labute approximate surface area is 114 Å². The van der Waals surface area contributed by atoms with E-state index in [9.17, 15) is 4.79 Å². The Morgan fingerprint density at radius 2 is 2.26 bits per heavy atom. The molecule has 4 nitrogen and oxygen atoms in total. The number of nitrogens with two attached hydrogens (primary N) is 1. The number of hydrogen-bond donors (Lipinski definition) is 1. The Morgan fingerprint density at radius 1 is 1.53 bits per heavy atom. The molecule has 0 aromatic heterocycles. The lowest BCUT2D eigenvalue weighted by Gasteiger charge is -2.32. The molecule has 1 aliphatic rings. The Morgan fingerprint density at radius 3 is 2.84 bits per heavy atom. The molecule has 2 rings (SSSR count). The van der Waals surface area contributed by atoms with Crippen LogP contribution in [-0.4, -0.2) is 26.1 Å². The molecule has 1 saturated carbocycles. The highest BCUT2D eigenvalue weighted by Gasteiger charge is 2.44. The SMILES string of the molecule is COc1cccc(N(C)C(=O)C2(C)CCCC2N)c1. The second-order valence-electron chi connectivity index (χ2n) is 5.48. The lowest BCUT2D eigenvalue weighted by molar-refractivity contribution is -0.127. The van der Waals surface area contributed by atoms with Gasteiger partial charge < -0.3 is 15.4 Å². The highest BCUT2D eigenvalue weighted by Crippen LogP contribution is 2.39. The summed E-state index contributed by atoms with van der Waals surface area (Å²) in [6.45, 7) is 1.98. The number of carbonyl (C=O) groups excluding carboxylic acids is 1. The second-order valence-corrected chi connectivity index (χ2v) is 5.48. The maximum Gasteiger partial charge on any atom is 0.234 e. The van der Waals surface area contributed by atoms with Crippen molar-refractivity contribution in [3.05, 3.63) is 24.3 Å². The van der Waals surface area contributed by atoms with Gasteiger partial charge in [0.05, 0.1) is 12.5 Å². The van der Waals surface area contributed by atoms with Gasteiger partial charge in [-0.15, -0.1) is 0 Å². The lowest BCUT2D eigenvalue weighted by atomic mass is 9.83. The molecule has 0 saturated heterocycles. The van der Waals surface area contributed by atoms with Gasteiger partial charge >= 0.3 is 0 Å². The molecule has 1 amide bonds. The molecule has 104 valence electrons. The van der Waals surface area contributed by atoms with Gasteiger partial charge in [0.25, 0.3) is 0 Å². The highest BCUT2D eigenvalue weighted by molar-refractivity contribution is 5.97. The number of rotatable bonds is 3.